The van der Waals surface area contributed by atoms with Crippen LogP contribution in [0.15, 0.2) is 52.5 Å². The van der Waals surface area contributed by atoms with Crippen molar-refractivity contribution in [2.75, 3.05) is 36.5 Å². The number of aromatic nitrogens is 2. The third-order valence-electron chi connectivity index (χ3n) is 5.75. The fraction of sp³-hybridized carbons (Fsp3) is 0.292. The van der Waals surface area contributed by atoms with Gasteiger partial charge in [-0.2, -0.15) is 10.5 Å². The van der Waals surface area contributed by atoms with E-state index in [0.717, 1.165) is 28.7 Å². The number of benzene rings is 1. The van der Waals surface area contributed by atoms with E-state index < -0.39 is 5.41 Å². The Balaban J connectivity index is 1.39. The zero-order valence-electron chi connectivity index (χ0n) is 18.2. The smallest absolute Gasteiger partial charge is 0.189 e. The van der Waals surface area contributed by atoms with Crippen LogP contribution in [0.2, 0.25) is 0 Å². The molecule has 1 aliphatic carbocycles. The van der Waals surface area contributed by atoms with Crippen LogP contribution in [0.3, 0.4) is 0 Å². The minimum absolute atomic E-state index is 0.0920. The quantitative estimate of drug-likeness (QED) is 0.475. The molecule has 8 nitrogen and oxygen atoms in total. The van der Waals surface area contributed by atoms with Gasteiger partial charge in [0.2, 0.25) is 0 Å². The first-order valence-electron chi connectivity index (χ1n) is 10.8. The number of carbonyl (C=O) groups excluding carboxylic acids is 1. The molecule has 1 N–H and O–H groups in total. The maximum Gasteiger partial charge on any atom is 0.189 e. The van der Waals surface area contributed by atoms with Crippen molar-refractivity contribution in [3.05, 3.63) is 53.0 Å². The third-order valence-corrected chi connectivity index (χ3v) is 7.49. The molecule has 1 aromatic carbocycles. The van der Waals surface area contributed by atoms with Crippen LogP contribution in [0.4, 0.5) is 16.6 Å². The van der Waals surface area contributed by atoms with Crippen LogP contribution >= 0.6 is 23.1 Å². The van der Waals surface area contributed by atoms with Gasteiger partial charge in [-0.3, -0.25) is 4.79 Å². The maximum atomic E-state index is 12.6. The second-order valence-corrected chi connectivity index (χ2v) is 10.2. The maximum absolute atomic E-state index is 12.6. The van der Waals surface area contributed by atoms with Crippen LogP contribution < -0.4 is 10.2 Å². The molecule has 2 aliphatic rings. The van der Waals surface area contributed by atoms with Crippen LogP contribution in [0.1, 0.15) is 28.1 Å². The third kappa shape index (κ3) is 4.75. The number of rotatable bonds is 7. The number of Topliss-reactive ketones (excluding diaryl/α,β-unsaturated/α-hetero) is 1. The first-order chi connectivity index (χ1) is 16.6. The molecular weight excluding hydrogens is 468 g/mol. The Morgan fingerprint density at radius 2 is 1.94 bits per heavy atom. The van der Waals surface area contributed by atoms with Gasteiger partial charge in [0.15, 0.2) is 10.9 Å². The molecule has 1 aliphatic heterocycles. The Labute approximate surface area is 205 Å². The van der Waals surface area contributed by atoms with Crippen molar-refractivity contribution in [3.63, 3.8) is 0 Å². The van der Waals surface area contributed by atoms with Crippen molar-refractivity contribution in [2.45, 2.75) is 22.8 Å². The van der Waals surface area contributed by atoms with E-state index in [1.165, 1.54) is 29.3 Å². The normalized spacial score (nSPS) is 16.4. The number of nitriles is 2. The van der Waals surface area contributed by atoms with Crippen LogP contribution in [0.25, 0.3) is 0 Å². The fourth-order valence-electron chi connectivity index (χ4n) is 3.69. The molecule has 34 heavy (non-hydrogen) atoms. The molecule has 2 aromatic heterocycles. The van der Waals surface area contributed by atoms with E-state index in [-0.39, 0.29) is 5.78 Å². The lowest BCUT2D eigenvalue weighted by Gasteiger charge is -2.29. The molecule has 3 aromatic rings. The van der Waals surface area contributed by atoms with Gasteiger partial charge in [0, 0.05) is 35.3 Å². The Bertz CT molecular complexity index is 1300. The van der Waals surface area contributed by atoms with Crippen LogP contribution in [-0.4, -0.2) is 42.1 Å². The molecular formula is C24H20N6O2S2. The lowest BCUT2D eigenvalue weighted by atomic mass is 9.96. The van der Waals surface area contributed by atoms with Crippen molar-refractivity contribution in [1.29, 1.82) is 10.5 Å². The molecule has 0 atom stereocenters. The predicted molar refractivity (Wildman–Crippen MR) is 130 cm³/mol. The summed E-state index contributed by atoms with van der Waals surface area (Å²) in [5, 5.41) is 23.0. The van der Waals surface area contributed by atoms with Crippen molar-refractivity contribution in [3.8, 4) is 12.1 Å². The van der Waals surface area contributed by atoms with Crippen molar-refractivity contribution in [1.82, 2.24) is 9.97 Å². The Hall–Kier alpha value is -3.44. The molecule has 0 bridgehead atoms. The standard InChI is InChI=1S/C24H20N6O2S2/c25-13-19-14-27-23(34-19)29-20-11-17(30-7-9-32-10-8-30)12-21(28-20)33-18-3-1-16(2-4-18)22(31)24(15-26)5-6-24/h1-4,11-12,14H,5-10H2,(H,27,28,29). The molecule has 0 unspecified atom stereocenters. The molecule has 1 saturated heterocycles. The zero-order chi connectivity index (χ0) is 23.5. The Kier molecular flexibility index (Phi) is 6.20. The number of ketones is 1. The molecule has 170 valence electrons. The monoisotopic (exact) mass is 488 g/mol. The van der Waals surface area contributed by atoms with Gasteiger partial charge < -0.3 is 15.0 Å². The first kappa shape index (κ1) is 22.4. The van der Waals surface area contributed by atoms with Gasteiger partial charge in [0.1, 0.15) is 27.2 Å². The number of anilines is 3. The van der Waals surface area contributed by atoms with E-state index in [4.69, 9.17) is 15.0 Å². The minimum Gasteiger partial charge on any atom is -0.378 e. The molecule has 3 heterocycles. The average Bonchev–Trinajstić information content (AvgIpc) is 3.56. The van der Waals surface area contributed by atoms with Gasteiger partial charge in [-0.15, -0.1) is 0 Å². The molecule has 5 rings (SSSR count). The van der Waals surface area contributed by atoms with Crippen molar-refractivity contribution >= 4 is 45.5 Å². The van der Waals surface area contributed by atoms with E-state index in [1.807, 2.05) is 24.3 Å². The number of hydrogen-bond donors (Lipinski definition) is 1. The zero-order valence-corrected chi connectivity index (χ0v) is 19.8. The number of nitrogens with one attached hydrogen (secondary N) is 1. The summed E-state index contributed by atoms with van der Waals surface area (Å²) in [6, 6.07) is 15.6. The highest BCUT2D eigenvalue weighted by atomic mass is 32.2. The van der Waals surface area contributed by atoms with Crippen molar-refractivity contribution in [2.24, 2.45) is 5.41 Å². The molecule has 10 heteroatoms. The van der Waals surface area contributed by atoms with E-state index >= 15 is 0 Å². The van der Waals surface area contributed by atoms with Gasteiger partial charge in [-0.05, 0) is 31.0 Å². The van der Waals surface area contributed by atoms with E-state index in [9.17, 15) is 10.1 Å². The van der Waals surface area contributed by atoms with E-state index in [0.29, 0.717) is 47.4 Å². The summed E-state index contributed by atoms with van der Waals surface area (Å²) in [6.45, 7) is 2.93. The number of nitrogens with zero attached hydrogens (tertiary/aromatic N) is 5. The summed E-state index contributed by atoms with van der Waals surface area (Å²) in [6.07, 6.45) is 2.82. The van der Waals surface area contributed by atoms with Crippen LogP contribution in [-0.2, 0) is 4.74 Å². The number of carbonyl (C=O) groups is 1. The second-order valence-electron chi connectivity index (χ2n) is 8.06. The number of morpholine rings is 1. The molecule has 2 fully saturated rings. The summed E-state index contributed by atoms with van der Waals surface area (Å²) < 4.78 is 5.49. The SMILES string of the molecule is N#Cc1cnc(Nc2cc(N3CCOCC3)cc(Sc3ccc(C(=O)C4(C#N)CC4)cc3)n2)s1. The van der Waals surface area contributed by atoms with Gasteiger partial charge in [-0.25, -0.2) is 9.97 Å². The summed E-state index contributed by atoms with van der Waals surface area (Å²) >= 11 is 2.77. The van der Waals surface area contributed by atoms with Crippen LogP contribution in [0, 0.1) is 28.1 Å². The lowest BCUT2D eigenvalue weighted by molar-refractivity contribution is 0.0934. The summed E-state index contributed by atoms with van der Waals surface area (Å²) in [5.41, 5.74) is 0.777. The van der Waals surface area contributed by atoms with Crippen LogP contribution in [0.5, 0.6) is 0 Å². The topological polar surface area (TPSA) is 115 Å². The Morgan fingerprint density at radius 3 is 2.59 bits per heavy atom. The highest BCUT2D eigenvalue weighted by Gasteiger charge is 2.50. The van der Waals surface area contributed by atoms with Gasteiger partial charge in [0.25, 0.3) is 0 Å². The number of hydrogen-bond acceptors (Lipinski definition) is 10. The van der Waals surface area contributed by atoms with Crippen molar-refractivity contribution < 1.29 is 9.53 Å². The number of thiazole rings is 1. The lowest BCUT2D eigenvalue weighted by Crippen LogP contribution is -2.36. The first-order valence-corrected chi connectivity index (χ1v) is 12.4. The summed E-state index contributed by atoms with van der Waals surface area (Å²) in [5.74, 6) is 0.549. The van der Waals surface area contributed by atoms with E-state index in [2.05, 4.69) is 27.3 Å². The number of ether oxygens (including phenoxy) is 1. The van der Waals surface area contributed by atoms with Gasteiger partial charge in [-0.1, -0.05) is 35.2 Å². The Morgan fingerprint density at radius 1 is 1.18 bits per heavy atom. The van der Waals surface area contributed by atoms with Gasteiger partial charge >= 0.3 is 0 Å². The molecule has 0 amide bonds. The highest BCUT2D eigenvalue weighted by Crippen LogP contribution is 2.47. The fourth-order valence-corrected chi connectivity index (χ4v) is 5.15. The summed E-state index contributed by atoms with van der Waals surface area (Å²) in [7, 11) is 0. The molecule has 0 spiro atoms. The second kappa shape index (κ2) is 9.43. The molecule has 1 saturated carbocycles. The predicted octanol–water partition coefficient (Wildman–Crippen LogP) is 4.63. The minimum atomic E-state index is -0.815. The molecule has 0 radical (unpaired) electrons. The van der Waals surface area contributed by atoms with E-state index in [1.54, 1.807) is 12.1 Å². The highest BCUT2D eigenvalue weighted by molar-refractivity contribution is 7.99. The summed E-state index contributed by atoms with van der Waals surface area (Å²) in [4.78, 5) is 25.3. The van der Waals surface area contributed by atoms with Gasteiger partial charge in [0.05, 0.1) is 25.5 Å². The average molecular weight is 489 g/mol. The number of pyridine rings is 1. The largest absolute Gasteiger partial charge is 0.378 e.